The fourth-order valence-electron chi connectivity index (χ4n) is 3.13. The van der Waals surface area contributed by atoms with Crippen molar-refractivity contribution in [2.24, 2.45) is 7.05 Å². The molecule has 0 unspecified atom stereocenters. The van der Waals surface area contributed by atoms with Crippen LogP contribution in [0.4, 0.5) is 14.5 Å². The number of alkyl halides is 1. The molecule has 152 valence electrons. The van der Waals surface area contributed by atoms with Crippen LogP contribution in [-0.2, 0) is 27.4 Å². The van der Waals surface area contributed by atoms with Crippen molar-refractivity contribution in [3.8, 4) is 0 Å². The van der Waals surface area contributed by atoms with E-state index in [0.717, 1.165) is 0 Å². The number of carbonyl (C=O) groups excluding carboxylic acids is 2. The molecule has 0 fully saturated rings. The van der Waals surface area contributed by atoms with Crippen LogP contribution in [0.5, 0.6) is 0 Å². The fraction of sp³-hybridized carbons (Fsp3) is 0.238. The first-order valence-corrected chi connectivity index (χ1v) is 10.5. The number of ether oxygens (including phenoxy) is 1. The van der Waals surface area contributed by atoms with Crippen LogP contribution in [0.2, 0.25) is 0 Å². The summed E-state index contributed by atoms with van der Waals surface area (Å²) in [6.07, 6.45) is 1.43. The maximum Gasteiger partial charge on any atom is 0.310 e. The number of halogens is 3. The highest BCUT2D eigenvalue weighted by Crippen LogP contribution is 2.27. The Hall–Kier alpha value is -2.49. The van der Waals surface area contributed by atoms with E-state index in [2.05, 4.69) is 27.9 Å². The summed E-state index contributed by atoms with van der Waals surface area (Å²) in [5.41, 5.74) is 2.17. The molecule has 0 atom stereocenters. The molecule has 8 heteroatoms. The molecule has 0 bridgehead atoms. The summed E-state index contributed by atoms with van der Waals surface area (Å²) >= 11 is 2.11. The van der Waals surface area contributed by atoms with Gasteiger partial charge in [-0.1, -0.05) is 22.6 Å². The SMILES string of the molecule is CCOC(=O)Cc1cc(CI)c(NC(=O)c2cn(C)c3cc(F)ccc23)cc1F. The Morgan fingerprint density at radius 3 is 2.62 bits per heavy atom. The van der Waals surface area contributed by atoms with Gasteiger partial charge >= 0.3 is 5.97 Å². The zero-order valence-corrected chi connectivity index (χ0v) is 18.0. The fourth-order valence-corrected chi connectivity index (χ4v) is 3.76. The minimum absolute atomic E-state index is 0.174. The first-order valence-electron chi connectivity index (χ1n) is 8.92. The van der Waals surface area contributed by atoms with Crippen molar-refractivity contribution in [2.75, 3.05) is 11.9 Å². The molecule has 1 N–H and O–H groups in total. The Morgan fingerprint density at radius 2 is 1.93 bits per heavy atom. The average molecular weight is 512 g/mol. The smallest absolute Gasteiger partial charge is 0.310 e. The van der Waals surface area contributed by atoms with Crippen molar-refractivity contribution in [3.63, 3.8) is 0 Å². The van der Waals surface area contributed by atoms with E-state index in [4.69, 9.17) is 4.74 Å². The van der Waals surface area contributed by atoms with Gasteiger partial charge in [-0.25, -0.2) is 8.78 Å². The number of hydrogen-bond donors (Lipinski definition) is 1. The van der Waals surface area contributed by atoms with Crippen LogP contribution in [0.15, 0.2) is 36.5 Å². The molecule has 3 rings (SSSR count). The molecule has 0 aliphatic heterocycles. The molecule has 2 aromatic carbocycles. The Balaban J connectivity index is 1.91. The lowest BCUT2D eigenvalue weighted by Crippen LogP contribution is -2.14. The van der Waals surface area contributed by atoms with E-state index in [1.165, 1.54) is 18.2 Å². The Morgan fingerprint density at radius 1 is 1.17 bits per heavy atom. The lowest BCUT2D eigenvalue weighted by atomic mass is 10.1. The van der Waals surface area contributed by atoms with Crippen molar-refractivity contribution in [1.82, 2.24) is 4.57 Å². The van der Waals surface area contributed by atoms with Gasteiger partial charge < -0.3 is 14.6 Å². The maximum absolute atomic E-state index is 14.5. The van der Waals surface area contributed by atoms with Crippen LogP contribution in [0.1, 0.15) is 28.4 Å². The number of aryl methyl sites for hydroxylation is 1. The van der Waals surface area contributed by atoms with Gasteiger partial charge in [0.15, 0.2) is 0 Å². The normalized spacial score (nSPS) is 10.9. The van der Waals surface area contributed by atoms with Crippen LogP contribution >= 0.6 is 22.6 Å². The van der Waals surface area contributed by atoms with Crippen LogP contribution in [-0.4, -0.2) is 23.1 Å². The number of esters is 1. The number of carbonyl (C=O) groups is 2. The predicted molar refractivity (Wildman–Crippen MR) is 115 cm³/mol. The van der Waals surface area contributed by atoms with Crippen molar-refractivity contribution >= 4 is 51.1 Å². The largest absolute Gasteiger partial charge is 0.466 e. The van der Waals surface area contributed by atoms with Crippen molar-refractivity contribution < 1.29 is 23.1 Å². The number of rotatable bonds is 6. The number of amides is 1. The quantitative estimate of drug-likeness (QED) is 0.295. The highest BCUT2D eigenvalue weighted by molar-refractivity contribution is 14.1. The predicted octanol–water partition coefficient (Wildman–Crippen LogP) is 4.75. The van der Waals surface area contributed by atoms with E-state index in [9.17, 15) is 18.4 Å². The highest BCUT2D eigenvalue weighted by Gasteiger charge is 2.18. The molecule has 0 saturated carbocycles. The number of anilines is 1. The van der Waals surface area contributed by atoms with Crippen LogP contribution < -0.4 is 5.32 Å². The van der Waals surface area contributed by atoms with E-state index in [1.807, 2.05) is 0 Å². The molecule has 0 aliphatic rings. The van der Waals surface area contributed by atoms with Gasteiger partial charge in [0.1, 0.15) is 11.6 Å². The number of aromatic nitrogens is 1. The standard InChI is InChI=1S/C21H19F2IN2O3/c1-3-29-20(27)7-12-6-13(10-24)18(9-17(12)23)25-21(28)16-11-26(2)19-8-14(22)4-5-15(16)19/h4-6,8-9,11H,3,7,10H2,1-2H3,(H,25,28). The summed E-state index contributed by atoms with van der Waals surface area (Å²) in [7, 11) is 1.72. The number of benzene rings is 2. The third kappa shape index (κ3) is 4.58. The summed E-state index contributed by atoms with van der Waals surface area (Å²) in [5, 5.41) is 3.34. The monoisotopic (exact) mass is 512 g/mol. The molecule has 0 aliphatic carbocycles. The van der Waals surface area contributed by atoms with E-state index in [1.54, 1.807) is 36.9 Å². The second-order valence-electron chi connectivity index (χ2n) is 6.49. The average Bonchev–Trinajstić information content (AvgIpc) is 3.00. The third-order valence-corrected chi connectivity index (χ3v) is 5.32. The number of hydrogen-bond acceptors (Lipinski definition) is 3. The second kappa shape index (κ2) is 8.89. The third-order valence-electron chi connectivity index (χ3n) is 4.50. The van der Waals surface area contributed by atoms with Gasteiger partial charge in [-0.15, -0.1) is 0 Å². The van der Waals surface area contributed by atoms with Crippen LogP contribution in [0.25, 0.3) is 10.9 Å². The molecule has 1 amide bonds. The summed E-state index contributed by atoms with van der Waals surface area (Å²) < 4.78 is 35.1. The van der Waals surface area contributed by atoms with Gasteiger partial charge in [-0.2, -0.15) is 0 Å². The molecule has 1 heterocycles. The molecule has 0 saturated heterocycles. The Kier molecular flexibility index (Phi) is 6.51. The van der Waals surface area contributed by atoms with Gasteiger partial charge in [-0.3, -0.25) is 9.59 Å². The lowest BCUT2D eigenvalue weighted by molar-refractivity contribution is -0.142. The van der Waals surface area contributed by atoms with Gasteiger partial charge in [0.05, 0.1) is 24.1 Å². The lowest BCUT2D eigenvalue weighted by Gasteiger charge is -2.12. The molecule has 1 aromatic heterocycles. The molecule has 3 aromatic rings. The van der Waals surface area contributed by atoms with E-state index in [0.29, 0.717) is 32.1 Å². The van der Waals surface area contributed by atoms with E-state index < -0.39 is 23.5 Å². The zero-order chi connectivity index (χ0) is 21.1. The maximum atomic E-state index is 14.5. The van der Waals surface area contributed by atoms with Gasteiger partial charge in [0.25, 0.3) is 5.91 Å². The van der Waals surface area contributed by atoms with Crippen molar-refractivity contribution in [2.45, 2.75) is 17.8 Å². The van der Waals surface area contributed by atoms with E-state index in [-0.39, 0.29) is 18.6 Å². The van der Waals surface area contributed by atoms with Gasteiger partial charge in [0, 0.05) is 28.7 Å². The van der Waals surface area contributed by atoms with Crippen molar-refractivity contribution in [3.05, 3.63) is 64.9 Å². The Bertz CT molecular complexity index is 1100. The summed E-state index contributed by atoms with van der Waals surface area (Å²) in [5.74, 6) is -1.92. The topological polar surface area (TPSA) is 60.3 Å². The minimum Gasteiger partial charge on any atom is -0.466 e. The minimum atomic E-state index is -0.595. The van der Waals surface area contributed by atoms with Crippen LogP contribution in [0, 0.1) is 11.6 Å². The first kappa shape index (κ1) is 21.2. The Labute approximate surface area is 180 Å². The number of nitrogens with zero attached hydrogens (tertiary/aromatic N) is 1. The van der Waals surface area contributed by atoms with Gasteiger partial charge in [-0.05, 0) is 48.4 Å². The highest BCUT2D eigenvalue weighted by atomic mass is 127. The molecular formula is C21H19F2IN2O3. The van der Waals surface area contributed by atoms with Crippen LogP contribution in [0.3, 0.4) is 0 Å². The number of fused-ring (bicyclic) bond motifs is 1. The summed E-state index contributed by atoms with van der Waals surface area (Å²) in [4.78, 5) is 24.5. The number of nitrogens with one attached hydrogen (secondary N) is 1. The van der Waals surface area contributed by atoms with Crippen molar-refractivity contribution in [1.29, 1.82) is 0 Å². The second-order valence-corrected chi connectivity index (χ2v) is 7.25. The summed E-state index contributed by atoms with van der Waals surface area (Å²) in [6, 6.07) is 6.96. The molecule has 5 nitrogen and oxygen atoms in total. The molecule has 0 spiro atoms. The molecular weight excluding hydrogens is 493 g/mol. The van der Waals surface area contributed by atoms with Gasteiger partial charge in [0.2, 0.25) is 0 Å². The van der Waals surface area contributed by atoms with E-state index >= 15 is 0 Å². The molecule has 0 radical (unpaired) electrons. The molecule has 29 heavy (non-hydrogen) atoms. The summed E-state index contributed by atoms with van der Waals surface area (Å²) in [6.45, 7) is 1.91. The zero-order valence-electron chi connectivity index (χ0n) is 15.9. The first-order chi connectivity index (χ1) is 13.8.